The summed E-state index contributed by atoms with van der Waals surface area (Å²) in [5, 5.41) is 0. The van der Waals surface area contributed by atoms with Gasteiger partial charge < -0.3 is 4.90 Å². The Hall–Kier alpha value is -1.95. The lowest BCUT2D eigenvalue weighted by Gasteiger charge is -2.10. The highest BCUT2D eigenvalue weighted by Crippen LogP contribution is 2.14. The molecule has 0 bridgehead atoms. The first-order valence-corrected chi connectivity index (χ1v) is 8.08. The van der Waals surface area contributed by atoms with E-state index in [1.54, 1.807) is 0 Å². The third-order valence-corrected chi connectivity index (χ3v) is 4.57. The second-order valence-corrected chi connectivity index (χ2v) is 6.77. The first-order chi connectivity index (χ1) is 10.5. The zero-order valence-corrected chi connectivity index (χ0v) is 13.4. The van der Waals surface area contributed by atoms with Crippen molar-refractivity contribution < 1.29 is 9.18 Å². The van der Waals surface area contributed by atoms with Gasteiger partial charge in [0.2, 0.25) is 0 Å². The molecule has 1 aromatic carbocycles. The third-order valence-electron chi connectivity index (χ3n) is 3.67. The highest BCUT2D eigenvalue weighted by molar-refractivity contribution is 7.09. The molecule has 3 rings (SSSR count). The molecular weight excluding hydrogens is 301 g/mol. The minimum Gasteiger partial charge on any atom is -0.320 e. The summed E-state index contributed by atoms with van der Waals surface area (Å²) in [5.74, 6) is 0. The van der Waals surface area contributed by atoms with Gasteiger partial charge in [0.1, 0.15) is 6.17 Å². The number of thiazole rings is 1. The molecule has 0 aliphatic carbocycles. The van der Waals surface area contributed by atoms with Crippen LogP contribution in [-0.4, -0.2) is 34.8 Å². The second-order valence-electron chi connectivity index (χ2n) is 5.56. The van der Waals surface area contributed by atoms with Crippen LogP contribution in [0.5, 0.6) is 0 Å². The van der Waals surface area contributed by atoms with E-state index in [9.17, 15) is 9.18 Å². The second kappa shape index (κ2) is 6.04. The van der Waals surface area contributed by atoms with Crippen molar-refractivity contribution in [1.82, 2.24) is 9.47 Å². The Morgan fingerprint density at radius 3 is 2.68 bits per heavy atom. The number of hydrogen-bond donors (Lipinski definition) is 0. The lowest BCUT2D eigenvalue weighted by Crippen LogP contribution is -2.28. The molecule has 1 fully saturated rings. The maximum absolute atomic E-state index is 13.2. The normalized spacial score (nSPS) is 19.0. The van der Waals surface area contributed by atoms with E-state index in [-0.39, 0.29) is 12.6 Å². The molecule has 0 N–H and O–H groups in total. The van der Waals surface area contributed by atoms with Gasteiger partial charge in [-0.05, 0) is 32.4 Å². The number of halogens is 1. The van der Waals surface area contributed by atoms with E-state index in [0.29, 0.717) is 17.8 Å². The molecule has 0 unspecified atom stereocenters. The number of aromatic nitrogens is 1. The van der Waals surface area contributed by atoms with E-state index in [0.717, 1.165) is 10.6 Å². The Morgan fingerprint density at radius 2 is 2.05 bits per heavy atom. The summed E-state index contributed by atoms with van der Waals surface area (Å²) < 4.78 is 15.1. The fourth-order valence-electron chi connectivity index (χ4n) is 2.47. The SMILES string of the molecule is Cc1ccc(-n2cc(C)s/c2=N\C(=O)N2CC[C@@H](F)C2)cc1. The van der Waals surface area contributed by atoms with Gasteiger partial charge in [-0.1, -0.05) is 17.7 Å². The Kier molecular flexibility index (Phi) is 4.11. The van der Waals surface area contributed by atoms with Gasteiger partial charge in [-0.25, -0.2) is 9.18 Å². The molecule has 2 amide bonds. The molecular formula is C16H18FN3OS. The monoisotopic (exact) mass is 319 g/mol. The largest absolute Gasteiger partial charge is 0.346 e. The summed E-state index contributed by atoms with van der Waals surface area (Å²) >= 11 is 1.46. The number of hydrogen-bond acceptors (Lipinski definition) is 2. The van der Waals surface area contributed by atoms with Crippen molar-refractivity contribution in [2.45, 2.75) is 26.4 Å². The van der Waals surface area contributed by atoms with Gasteiger partial charge in [0.25, 0.3) is 0 Å². The van der Waals surface area contributed by atoms with Gasteiger partial charge in [-0.15, -0.1) is 11.3 Å². The van der Waals surface area contributed by atoms with Crippen LogP contribution in [0, 0.1) is 13.8 Å². The molecule has 4 nitrogen and oxygen atoms in total. The molecule has 116 valence electrons. The van der Waals surface area contributed by atoms with Gasteiger partial charge in [0.05, 0.1) is 6.54 Å². The van der Waals surface area contributed by atoms with Gasteiger partial charge in [-0.3, -0.25) is 4.57 Å². The predicted molar refractivity (Wildman–Crippen MR) is 85.2 cm³/mol. The molecule has 0 spiro atoms. The molecule has 0 saturated carbocycles. The van der Waals surface area contributed by atoms with Crippen molar-refractivity contribution in [1.29, 1.82) is 0 Å². The number of benzene rings is 1. The molecule has 2 heterocycles. The first-order valence-electron chi connectivity index (χ1n) is 7.27. The van der Waals surface area contributed by atoms with Gasteiger partial charge in [0.15, 0.2) is 4.80 Å². The fourth-order valence-corrected chi connectivity index (χ4v) is 3.29. The molecule has 6 heteroatoms. The number of nitrogens with zero attached hydrogens (tertiary/aromatic N) is 3. The summed E-state index contributed by atoms with van der Waals surface area (Å²) in [6.45, 7) is 4.60. The highest BCUT2D eigenvalue weighted by atomic mass is 32.1. The van der Waals surface area contributed by atoms with Crippen LogP contribution in [0.3, 0.4) is 0 Å². The molecule has 22 heavy (non-hydrogen) atoms. The number of carbonyl (C=O) groups is 1. The maximum atomic E-state index is 13.2. The molecule has 1 aliphatic heterocycles. The summed E-state index contributed by atoms with van der Waals surface area (Å²) in [6.07, 6.45) is 1.44. The van der Waals surface area contributed by atoms with Gasteiger partial charge in [0, 0.05) is 23.3 Å². The lowest BCUT2D eigenvalue weighted by molar-refractivity contribution is 0.213. The van der Waals surface area contributed by atoms with Crippen LogP contribution in [0.15, 0.2) is 35.5 Å². The zero-order valence-electron chi connectivity index (χ0n) is 12.6. The van der Waals surface area contributed by atoms with E-state index in [1.807, 2.05) is 48.9 Å². The maximum Gasteiger partial charge on any atom is 0.346 e. The topological polar surface area (TPSA) is 37.6 Å². The predicted octanol–water partition coefficient (Wildman–Crippen LogP) is 3.22. The molecule has 1 aliphatic rings. The van der Waals surface area contributed by atoms with E-state index >= 15 is 0 Å². The molecule has 1 atom stereocenters. The molecule has 0 radical (unpaired) electrons. The van der Waals surface area contributed by atoms with Crippen LogP contribution in [-0.2, 0) is 0 Å². The zero-order chi connectivity index (χ0) is 15.7. The average molecular weight is 319 g/mol. The van der Waals surface area contributed by atoms with E-state index in [2.05, 4.69) is 4.99 Å². The van der Waals surface area contributed by atoms with Crippen LogP contribution in [0.1, 0.15) is 16.9 Å². The fraction of sp³-hybridized carbons (Fsp3) is 0.375. The van der Waals surface area contributed by atoms with Crippen molar-refractivity contribution in [2.24, 2.45) is 4.99 Å². The minimum absolute atomic E-state index is 0.150. The van der Waals surface area contributed by atoms with Crippen LogP contribution < -0.4 is 4.80 Å². The quantitative estimate of drug-likeness (QED) is 0.795. The van der Waals surface area contributed by atoms with Crippen LogP contribution in [0.4, 0.5) is 9.18 Å². The minimum atomic E-state index is -0.923. The van der Waals surface area contributed by atoms with Crippen molar-refractivity contribution >= 4 is 17.4 Å². The summed E-state index contributed by atoms with van der Waals surface area (Å²) in [4.78, 5) is 19.5. The van der Waals surface area contributed by atoms with Crippen molar-refractivity contribution in [3.8, 4) is 5.69 Å². The van der Waals surface area contributed by atoms with Gasteiger partial charge in [-0.2, -0.15) is 4.99 Å². The number of rotatable bonds is 1. The molecule has 1 saturated heterocycles. The standard InChI is InChI=1S/C16H18FN3OS/c1-11-3-5-14(6-4-11)20-9-12(2)22-16(20)18-15(21)19-8-7-13(17)10-19/h3-6,9,13H,7-8,10H2,1-2H3/b18-16-/t13-/m1/s1. The number of likely N-dealkylation sites (tertiary alicyclic amines) is 1. The summed E-state index contributed by atoms with van der Waals surface area (Å²) in [6, 6.07) is 7.68. The summed E-state index contributed by atoms with van der Waals surface area (Å²) in [7, 11) is 0. The molecule has 1 aromatic heterocycles. The third kappa shape index (κ3) is 3.11. The number of aryl methyl sites for hydroxylation is 2. The number of carbonyl (C=O) groups excluding carboxylic acids is 1. The Balaban J connectivity index is 1.95. The lowest BCUT2D eigenvalue weighted by atomic mass is 10.2. The van der Waals surface area contributed by atoms with Crippen LogP contribution in [0.2, 0.25) is 0 Å². The van der Waals surface area contributed by atoms with Gasteiger partial charge >= 0.3 is 6.03 Å². The first kappa shape index (κ1) is 15.0. The van der Waals surface area contributed by atoms with E-state index < -0.39 is 6.17 Å². The summed E-state index contributed by atoms with van der Waals surface area (Å²) in [5.41, 5.74) is 2.14. The Labute approximate surface area is 132 Å². The molecule has 2 aromatic rings. The average Bonchev–Trinajstić information content (AvgIpc) is 3.06. The number of urea groups is 1. The van der Waals surface area contributed by atoms with Crippen LogP contribution in [0.25, 0.3) is 5.69 Å². The van der Waals surface area contributed by atoms with Crippen LogP contribution >= 0.6 is 11.3 Å². The van der Waals surface area contributed by atoms with E-state index in [4.69, 9.17) is 0 Å². The number of amides is 2. The van der Waals surface area contributed by atoms with Crippen molar-refractivity contribution in [3.05, 3.63) is 45.7 Å². The smallest absolute Gasteiger partial charge is 0.320 e. The Morgan fingerprint density at radius 1 is 1.32 bits per heavy atom. The Bertz CT molecular complexity index is 747. The number of alkyl halides is 1. The van der Waals surface area contributed by atoms with Crippen molar-refractivity contribution in [2.75, 3.05) is 13.1 Å². The van der Waals surface area contributed by atoms with Crippen molar-refractivity contribution in [3.63, 3.8) is 0 Å². The van der Waals surface area contributed by atoms with E-state index in [1.165, 1.54) is 21.8 Å². The highest BCUT2D eigenvalue weighted by Gasteiger charge is 2.25.